The van der Waals surface area contributed by atoms with Crippen molar-refractivity contribution in [2.45, 2.75) is 12.6 Å². The maximum atomic E-state index is 11.7. The number of hydrogen-bond donors (Lipinski definition) is 1. The van der Waals surface area contributed by atoms with Crippen LogP contribution in [-0.2, 0) is 16.1 Å². The minimum absolute atomic E-state index is 0.00974. The fraction of sp³-hybridized carbons (Fsp3) is 0.462. The average Bonchev–Trinajstić information content (AvgIpc) is 2.42. The van der Waals surface area contributed by atoms with Gasteiger partial charge in [-0.3, -0.25) is 4.79 Å². The van der Waals surface area contributed by atoms with E-state index in [2.05, 4.69) is 0 Å². The summed E-state index contributed by atoms with van der Waals surface area (Å²) in [5.74, 6) is 0.822. The Morgan fingerprint density at radius 3 is 2.78 bits per heavy atom. The highest BCUT2D eigenvalue weighted by molar-refractivity contribution is 5.78. The first-order valence-corrected chi connectivity index (χ1v) is 5.95. The summed E-state index contributed by atoms with van der Waals surface area (Å²) in [6.45, 7) is 1.70. The molecular weight excluding hydrogens is 232 g/mol. The molecule has 1 aromatic carbocycles. The molecule has 2 rings (SSSR count). The Morgan fingerprint density at radius 1 is 1.44 bits per heavy atom. The average molecular weight is 250 g/mol. The molecule has 0 spiro atoms. The van der Waals surface area contributed by atoms with Crippen molar-refractivity contribution in [1.82, 2.24) is 4.90 Å². The molecule has 0 aromatic heterocycles. The number of amides is 1. The largest absolute Gasteiger partial charge is 0.497 e. The van der Waals surface area contributed by atoms with Crippen molar-refractivity contribution in [2.24, 2.45) is 5.73 Å². The molecule has 0 aliphatic carbocycles. The Hall–Kier alpha value is -1.59. The number of carbonyl (C=O) groups excluding carboxylic acids is 1. The van der Waals surface area contributed by atoms with E-state index in [1.54, 1.807) is 12.0 Å². The smallest absolute Gasteiger partial charge is 0.248 e. The minimum atomic E-state index is -0.0547. The van der Waals surface area contributed by atoms with Crippen molar-refractivity contribution in [3.63, 3.8) is 0 Å². The molecule has 0 radical (unpaired) electrons. The van der Waals surface area contributed by atoms with Crippen LogP contribution in [-0.4, -0.2) is 43.7 Å². The van der Waals surface area contributed by atoms with E-state index in [1.165, 1.54) is 0 Å². The van der Waals surface area contributed by atoms with Gasteiger partial charge in [0.05, 0.1) is 13.2 Å². The van der Waals surface area contributed by atoms with Gasteiger partial charge in [-0.1, -0.05) is 12.1 Å². The highest BCUT2D eigenvalue weighted by Gasteiger charge is 2.25. The quantitative estimate of drug-likeness (QED) is 0.839. The van der Waals surface area contributed by atoms with Crippen LogP contribution >= 0.6 is 0 Å². The summed E-state index contributed by atoms with van der Waals surface area (Å²) in [5.41, 5.74) is 6.63. The zero-order valence-electron chi connectivity index (χ0n) is 10.5. The van der Waals surface area contributed by atoms with Crippen LogP contribution in [0.15, 0.2) is 24.3 Å². The van der Waals surface area contributed by atoms with Crippen molar-refractivity contribution in [3.8, 4) is 5.75 Å². The maximum absolute atomic E-state index is 11.7. The van der Waals surface area contributed by atoms with Crippen LogP contribution in [0.4, 0.5) is 0 Å². The van der Waals surface area contributed by atoms with E-state index >= 15 is 0 Å². The van der Waals surface area contributed by atoms with Gasteiger partial charge in [0.15, 0.2) is 0 Å². The Balaban J connectivity index is 2.00. The van der Waals surface area contributed by atoms with Crippen molar-refractivity contribution in [1.29, 1.82) is 0 Å². The SMILES string of the molecule is COc1ccc(CN2CC(CN)OCC2=O)cc1. The number of rotatable bonds is 4. The predicted molar refractivity (Wildman–Crippen MR) is 67.2 cm³/mol. The second-order valence-electron chi connectivity index (χ2n) is 4.29. The standard InChI is InChI=1S/C13H18N2O3/c1-17-11-4-2-10(3-5-11)7-15-8-12(6-14)18-9-13(15)16/h2-5,12H,6-9,14H2,1H3. The molecule has 1 heterocycles. The van der Waals surface area contributed by atoms with E-state index in [4.69, 9.17) is 15.2 Å². The first-order valence-electron chi connectivity index (χ1n) is 5.95. The monoisotopic (exact) mass is 250 g/mol. The molecule has 0 bridgehead atoms. The topological polar surface area (TPSA) is 64.8 Å². The fourth-order valence-corrected chi connectivity index (χ4v) is 1.93. The molecule has 1 saturated heterocycles. The molecule has 1 aromatic rings. The number of methoxy groups -OCH3 is 1. The lowest BCUT2D eigenvalue weighted by molar-refractivity contribution is -0.149. The van der Waals surface area contributed by atoms with Crippen molar-refractivity contribution in [2.75, 3.05) is 26.8 Å². The fourth-order valence-electron chi connectivity index (χ4n) is 1.93. The van der Waals surface area contributed by atoms with Crippen molar-refractivity contribution < 1.29 is 14.3 Å². The summed E-state index contributed by atoms with van der Waals surface area (Å²) >= 11 is 0. The maximum Gasteiger partial charge on any atom is 0.248 e. The molecule has 5 nitrogen and oxygen atoms in total. The predicted octanol–water partition coefficient (Wildman–Crippen LogP) is 0.381. The molecule has 1 unspecified atom stereocenters. The molecule has 18 heavy (non-hydrogen) atoms. The van der Waals surface area contributed by atoms with Gasteiger partial charge in [-0.25, -0.2) is 0 Å². The van der Waals surface area contributed by atoms with Gasteiger partial charge in [-0.05, 0) is 17.7 Å². The number of morpholine rings is 1. The Kier molecular flexibility index (Phi) is 4.17. The lowest BCUT2D eigenvalue weighted by Gasteiger charge is -2.32. The van der Waals surface area contributed by atoms with Crippen LogP contribution < -0.4 is 10.5 Å². The van der Waals surface area contributed by atoms with Gasteiger partial charge < -0.3 is 20.1 Å². The molecule has 1 aliphatic heterocycles. The number of ether oxygens (including phenoxy) is 2. The normalized spacial score (nSPS) is 20.0. The third kappa shape index (κ3) is 3.00. The van der Waals surface area contributed by atoms with Gasteiger partial charge in [0, 0.05) is 19.6 Å². The Labute approximate surface area is 106 Å². The molecule has 1 atom stereocenters. The van der Waals surface area contributed by atoms with E-state index in [0.29, 0.717) is 19.6 Å². The Morgan fingerprint density at radius 2 is 2.17 bits per heavy atom. The van der Waals surface area contributed by atoms with E-state index in [1.807, 2.05) is 24.3 Å². The molecule has 5 heteroatoms. The highest BCUT2D eigenvalue weighted by atomic mass is 16.5. The number of hydrogen-bond acceptors (Lipinski definition) is 4. The second-order valence-corrected chi connectivity index (χ2v) is 4.29. The molecule has 98 valence electrons. The van der Waals surface area contributed by atoms with Crippen LogP contribution in [0, 0.1) is 0 Å². The van der Waals surface area contributed by atoms with E-state index in [-0.39, 0.29) is 18.6 Å². The van der Waals surface area contributed by atoms with E-state index < -0.39 is 0 Å². The summed E-state index contributed by atoms with van der Waals surface area (Å²) in [6.07, 6.45) is -0.0547. The van der Waals surface area contributed by atoms with Crippen LogP contribution in [0.25, 0.3) is 0 Å². The number of benzene rings is 1. The van der Waals surface area contributed by atoms with Gasteiger partial charge in [-0.2, -0.15) is 0 Å². The van der Waals surface area contributed by atoms with Crippen molar-refractivity contribution >= 4 is 5.91 Å². The summed E-state index contributed by atoms with van der Waals surface area (Å²) in [5, 5.41) is 0. The zero-order chi connectivity index (χ0) is 13.0. The molecule has 1 amide bonds. The third-order valence-electron chi connectivity index (χ3n) is 3.01. The van der Waals surface area contributed by atoms with Crippen LogP contribution in [0.2, 0.25) is 0 Å². The van der Waals surface area contributed by atoms with Gasteiger partial charge in [0.2, 0.25) is 5.91 Å². The number of nitrogens with two attached hydrogens (primary N) is 1. The molecule has 1 fully saturated rings. The molecular formula is C13H18N2O3. The second kappa shape index (κ2) is 5.84. The number of carbonyl (C=O) groups is 1. The van der Waals surface area contributed by atoms with Crippen LogP contribution in [0.1, 0.15) is 5.56 Å². The Bertz CT molecular complexity index is 405. The van der Waals surface area contributed by atoms with Crippen LogP contribution in [0.3, 0.4) is 0 Å². The lowest BCUT2D eigenvalue weighted by Crippen LogP contribution is -2.48. The molecule has 2 N–H and O–H groups in total. The molecule has 0 saturated carbocycles. The minimum Gasteiger partial charge on any atom is -0.497 e. The van der Waals surface area contributed by atoms with Crippen molar-refractivity contribution in [3.05, 3.63) is 29.8 Å². The van der Waals surface area contributed by atoms with Gasteiger partial charge in [-0.15, -0.1) is 0 Å². The van der Waals surface area contributed by atoms with E-state index in [0.717, 1.165) is 11.3 Å². The first kappa shape index (κ1) is 12.9. The summed E-state index contributed by atoms with van der Waals surface area (Å²) in [7, 11) is 1.63. The zero-order valence-corrected chi connectivity index (χ0v) is 10.5. The van der Waals surface area contributed by atoms with E-state index in [9.17, 15) is 4.79 Å². The first-order chi connectivity index (χ1) is 8.72. The lowest BCUT2D eigenvalue weighted by atomic mass is 10.2. The molecule has 1 aliphatic rings. The number of nitrogens with zero attached hydrogens (tertiary/aromatic N) is 1. The highest BCUT2D eigenvalue weighted by Crippen LogP contribution is 2.15. The summed E-state index contributed by atoms with van der Waals surface area (Å²) in [4.78, 5) is 13.5. The van der Waals surface area contributed by atoms with Gasteiger partial charge in [0.1, 0.15) is 12.4 Å². The summed E-state index contributed by atoms with van der Waals surface area (Å²) < 4.78 is 10.4. The van der Waals surface area contributed by atoms with Gasteiger partial charge >= 0.3 is 0 Å². The third-order valence-corrected chi connectivity index (χ3v) is 3.01. The summed E-state index contributed by atoms with van der Waals surface area (Å²) in [6, 6.07) is 7.69. The van der Waals surface area contributed by atoms with Gasteiger partial charge in [0.25, 0.3) is 0 Å². The van der Waals surface area contributed by atoms with Crippen LogP contribution in [0.5, 0.6) is 5.75 Å².